The van der Waals surface area contributed by atoms with Crippen molar-refractivity contribution >= 4 is 29.3 Å². The van der Waals surface area contributed by atoms with Crippen LogP contribution in [0.1, 0.15) is 35.7 Å². The Hall–Kier alpha value is -3.69. The molecule has 10 heteroatoms. The molecule has 1 saturated heterocycles. The third kappa shape index (κ3) is 4.20. The SMILES string of the molecule is CCCC(=O)Nc1ccc(C(=O)CN2C(=O)NC(c3ccccc3)(C(F)(F)F)C2=O)cc1. The Labute approximate surface area is 181 Å². The van der Waals surface area contributed by atoms with Crippen molar-refractivity contribution < 1.29 is 32.3 Å². The van der Waals surface area contributed by atoms with E-state index < -0.39 is 41.5 Å². The number of Topliss-reactive ketones (excluding diaryl/α,β-unsaturated/α-hetero) is 1. The molecule has 7 nitrogen and oxygen atoms in total. The standard InChI is InChI=1S/C22H20F3N3O4/c1-2-6-18(30)26-16-11-9-14(10-12-16)17(29)13-28-19(31)21(22(23,24)25,27-20(28)32)15-7-4-3-5-8-15/h3-5,7-12H,2,6,13H2,1H3,(H,26,30)(H,27,32). The first-order chi connectivity index (χ1) is 15.1. The number of amides is 4. The smallest absolute Gasteiger partial charge is 0.326 e. The number of urea groups is 1. The van der Waals surface area contributed by atoms with E-state index in [1.54, 1.807) is 5.32 Å². The predicted octanol–water partition coefficient (Wildman–Crippen LogP) is 3.62. The largest absolute Gasteiger partial charge is 0.425 e. The summed E-state index contributed by atoms with van der Waals surface area (Å²) in [7, 11) is 0. The van der Waals surface area contributed by atoms with Gasteiger partial charge in [-0.15, -0.1) is 0 Å². The molecule has 2 aromatic rings. The van der Waals surface area contributed by atoms with Gasteiger partial charge in [-0.1, -0.05) is 37.3 Å². The van der Waals surface area contributed by atoms with Crippen LogP contribution in [0.25, 0.3) is 0 Å². The molecule has 0 aliphatic carbocycles. The molecule has 2 aromatic carbocycles. The highest BCUT2D eigenvalue weighted by Crippen LogP contribution is 2.43. The highest BCUT2D eigenvalue weighted by Gasteiger charge is 2.68. The number of hydrogen-bond acceptors (Lipinski definition) is 4. The van der Waals surface area contributed by atoms with Crippen LogP contribution < -0.4 is 10.6 Å². The van der Waals surface area contributed by atoms with Gasteiger partial charge in [0.2, 0.25) is 11.4 Å². The van der Waals surface area contributed by atoms with Gasteiger partial charge in [-0.2, -0.15) is 13.2 Å². The Morgan fingerprint density at radius 3 is 2.22 bits per heavy atom. The number of nitrogens with zero attached hydrogens (tertiary/aromatic N) is 1. The van der Waals surface area contributed by atoms with Crippen molar-refractivity contribution in [3.05, 3.63) is 65.7 Å². The maximum Gasteiger partial charge on any atom is 0.425 e. The van der Waals surface area contributed by atoms with E-state index in [0.717, 1.165) is 12.1 Å². The fraction of sp³-hybridized carbons (Fsp3) is 0.273. The first-order valence-electron chi connectivity index (χ1n) is 9.79. The summed E-state index contributed by atoms with van der Waals surface area (Å²) >= 11 is 0. The highest BCUT2D eigenvalue weighted by atomic mass is 19.4. The summed E-state index contributed by atoms with van der Waals surface area (Å²) in [6.07, 6.45) is -4.14. The molecule has 0 spiro atoms. The minimum Gasteiger partial charge on any atom is -0.326 e. The number of anilines is 1. The zero-order valence-electron chi connectivity index (χ0n) is 17.0. The quantitative estimate of drug-likeness (QED) is 0.501. The molecule has 1 heterocycles. The lowest BCUT2D eigenvalue weighted by molar-refractivity contribution is -0.198. The average molecular weight is 447 g/mol. The van der Waals surface area contributed by atoms with Gasteiger partial charge in [-0.25, -0.2) is 4.79 Å². The van der Waals surface area contributed by atoms with Crippen molar-refractivity contribution in [2.24, 2.45) is 0 Å². The Morgan fingerprint density at radius 2 is 1.66 bits per heavy atom. The number of nitrogens with one attached hydrogen (secondary N) is 2. The summed E-state index contributed by atoms with van der Waals surface area (Å²) in [6, 6.07) is 10.6. The molecule has 0 radical (unpaired) electrons. The Bertz CT molecular complexity index is 1040. The average Bonchev–Trinajstić information content (AvgIpc) is 3.00. The monoisotopic (exact) mass is 447 g/mol. The van der Waals surface area contributed by atoms with Crippen LogP contribution >= 0.6 is 0 Å². The van der Waals surface area contributed by atoms with E-state index in [9.17, 15) is 32.3 Å². The molecular weight excluding hydrogens is 427 g/mol. The normalized spacial score (nSPS) is 18.4. The Balaban J connectivity index is 1.80. The number of carbonyl (C=O) groups is 4. The van der Waals surface area contributed by atoms with Crippen LogP contribution in [0.4, 0.5) is 23.7 Å². The Morgan fingerprint density at radius 1 is 1.03 bits per heavy atom. The van der Waals surface area contributed by atoms with Gasteiger partial charge >= 0.3 is 12.2 Å². The first kappa shape index (κ1) is 23.0. The Kier molecular flexibility index (Phi) is 6.33. The summed E-state index contributed by atoms with van der Waals surface area (Å²) in [5.74, 6) is -2.50. The van der Waals surface area contributed by atoms with Crippen molar-refractivity contribution in [1.82, 2.24) is 10.2 Å². The second-order valence-corrected chi connectivity index (χ2v) is 7.23. The molecule has 1 unspecified atom stereocenters. The van der Waals surface area contributed by atoms with E-state index >= 15 is 0 Å². The van der Waals surface area contributed by atoms with E-state index in [0.29, 0.717) is 18.5 Å². The van der Waals surface area contributed by atoms with Gasteiger partial charge in [-0.05, 0) is 36.2 Å². The molecule has 1 aliphatic rings. The van der Waals surface area contributed by atoms with Crippen LogP contribution in [0.5, 0.6) is 0 Å². The molecule has 32 heavy (non-hydrogen) atoms. The lowest BCUT2D eigenvalue weighted by atomic mass is 9.89. The molecule has 1 fully saturated rings. The number of carbonyl (C=O) groups excluding carboxylic acids is 4. The third-order valence-electron chi connectivity index (χ3n) is 5.01. The zero-order chi connectivity index (χ0) is 23.5. The van der Waals surface area contributed by atoms with E-state index in [1.807, 2.05) is 6.92 Å². The van der Waals surface area contributed by atoms with Crippen LogP contribution in [0.15, 0.2) is 54.6 Å². The van der Waals surface area contributed by atoms with Gasteiger partial charge in [0.25, 0.3) is 5.91 Å². The number of alkyl halides is 3. The van der Waals surface area contributed by atoms with E-state index in [2.05, 4.69) is 5.32 Å². The maximum atomic E-state index is 14.0. The fourth-order valence-corrected chi connectivity index (χ4v) is 3.38. The molecule has 0 saturated carbocycles. The van der Waals surface area contributed by atoms with Crippen molar-refractivity contribution in [3.63, 3.8) is 0 Å². The lowest BCUT2D eigenvalue weighted by Crippen LogP contribution is -2.55. The second kappa shape index (κ2) is 8.81. The van der Waals surface area contributed by atoms with Gasteiger partial charge in [0.05, 0.1) is 6.54 Å². The summed E-state index contributed by atoms with van der Waals surface area (Å²) in [4.78, 5) is 49.6. The van der Waals surface area contributed by atoms with Crippen LogP contribution in [0, 0.1) is 0 Å². The van der Waals surface area contributed by atoms with Gasteiger partial charge < -0.3 is 10.6 Å². The molecule has 168 valence electrons. The number of hydrogen-bond donors (Lipinski definition) is 2. The number of rotatable bonds is 7. The summed E-state index contributed by atoms with van der Waals surface area (Å²) < 4.78 is 41.9. The molecular formula is C22H20F3N3O4. The van der Waals surface area contributed by atoms with E-state index in [4.69, 9.17) is 0 Å². The van der Waals surface area contributed by atoms with Crippen molar-refractivity contribution in [1.29, 1.82) is 0 Å². The molecule has 1 aliphatic heterocycles. The molecule has 0 bridgehead atoms. The molecule has 4 amide bonds. The van der Waals surface area contributed by atoms with E-state index in [-0.39, 0.29) is 16.4 Å². The minimum absolute atomic E-state index is 0.0725. The van der Waals surface area contributed by atoms with Gasteiger partial charge in [0.15, 0.2) is 5.78 Å². The third-order valence-corrected chi connectivity index (χ3v) is 5.01. The van der Waals surface area contributed by atoms with E-state index in [1.165, 1.54) is 42.5 Å². The van der Waals surface area contributed by atoms with Crippen LogP contribution in [-0.4, -0.2) is 41.2 Å². The van der Waals surface area contributed by atoms with Gasteiger partial charge in [0.1, 0.15) is 0 Å². The topological polar surface area (TPSA) is 95.6 Å². The van der Waals surface area contributed by atoms with Crippen molar-refractivity contribution in [3.8, 4) is 0 Å². The lowest BCUT2D eigenvalue weighted by Gasteiger charge is -2.29. The van der Waals surface area contributed by atoms with Crippen molar-refractivity contribution in [2.45, 2.75) is 31.5 Å². The number of benzene rings is 2. The van der Waals surface area contributed by atoms with Crippen LogP contribution in [-0.2, 0) is 15.1 Å². The number of halogens is 3. The highest BCUT2D eigenvalue weighted by molar-refractivity contribution is 6.12. The molecule has 2 N–H and O–H groups in total. The second-order valence-electron chi connectivity index (χ2n) is 7.23. The molecule has 1 atom stereocenters. The number of imide groups is 1. The zero-order valence-corrected chi connectivity index (χ0v) is 17.0. The van der Waals surface area contributed by atoms with Gasteiger partial charge in [-0.3, -0.25) is 19.3 Å². The van der Waals surface area contributed by atoms with Crippen LogP contribution in [0.2, 0.25) is 0 Å². The summed E-state index contributed by atoms with van der Waals surface area (Å²) in [5, 5.41) is 4.37. The van der Waals surface area contributed by atoms with Crippen LogP contribution in [0.3, 0.4) is 0 Å². The van der Waals surface area contributed by atoms with Gasteiger partial charge in [0, 0.05) is 17.7 Å². The fourth-order valence-electron chi connectivity index (χ4n) is 3.38. The molecule has 3 rings (SSSR count). The summed E-state index contributed by atoms with van der Waals surface area (Å²) in [5.41, 5.74) is -3.20. The first-order valence-corrected chi connectivity index (χ1v) is 9.79. The minimum atomic E-state index is -5.13. The van der Waals surface area contributed by atoms with Crippen molar-refractivity contribution in [2.75, 3.05) is 11.9 Å². The maximum absolute atomic E-state index is 14.0. The predicted molar refractivity (Wildman–Crippen MR) is 109 cm³/mol. The molecule has 0 aromatic heterocycles. The summed E-state index contributed by atoms with van der Waals surface area (Å²) in [6.45, 7) is 0.985. The number of ketones is 1.